The van der Waals surface area contributed by atoms with Gasteiger partial charge in [0.15, 0.2) is 0 Å². The van der Waals surface area contributed by atoms with Crippen LogP contribution in [0, 0.1) is 0 Å². The fourth-order valence-corrected chi connectivity index (χ4v) is 3.86. The van der Waals surface area contributed by atoms with E-state index in [2.05, 4.69) is 31.2 Å². The van der Waals surface area contributed by atoms with Gasteiger partial charge in [-0.05, 0) is 37.0 Å². The highest BCUT2D eigenvalue weighted by atomic mass is 17.2. The lowest BCUT2D eigenvalue weighted by Gasteiger charge is -2.18. The molecule has 2 aromatic carbocycles. The van der Waals surface area contributed by atoms with Crippen LogP contribution in [-0.4, -0.2) is 19.2 Å². The van der Waals surface area contributed by atoms with Crippen molar-refractivity contribution in [1.82, 2.24) is 0 Å². The fraction of sp³-hybridized carbons (Fsp3) is 0.552. The third-order valence-electron chi connectivity index (χ3n) is 5.83. The maximum Gasteiger partial charge on any atom is 0.373 e. The molecule has 4 nitrogen and oxygen atoms in total. The predicted molar refractivity (Wildman–Crippen MR) is 134 cm³/mol. The topological polar surface area (TPSA) is 44.8 Å². The Morgan fingerprint density at radius 1 is 0.697 bits per heavy atom. The molecule has 0 saturated heterocycles. The molecular formula is C29H42O4. The first kappa shape index (κ1) is 27.1. The second-order valence-corrected chi connectivity index (χ2v) is 8.65. The van der Waals surface area contributed by atoms with E-state index in [1.807, 2.05) is 12.1 Å². The minimum absolute atomic E-state index is 0.146. The molecule has 0 aliphatic heterocycles. The highest BCUT2D eigenvalue weighted by Gasteiger charge is 2.12. The molecule has 1 unspecified atom stereocenters. The molecule has 2 rings (SSSR count). The molecule has 0 N–H and O–H groups in total. The van der Waals surface area contributed by atoms with E-state index in [9.17, 15) is 4.79 Å². The second-order valence-electron chi connectivity index (χ2n) is 8.65. The Labute approximate surface area is 200 Å². The van der Waals surface area contributed by atoms with Gasteiger partial charge in [0, 0.05) is 6.61 Å². The standard InChI is InChI=1S/C29H42O4/c1-2-3-4-5-6-7-8-17-24-31-28(26-19-12-9-13-20-26)23-16-11-18-25-32-33-29(30)27-21-14-10-15-22-27/h9-10,12-15,19-22,28H,2-8,11,16-18,23-25H2,1H3. The number of hydrogen-bond donors (Lipinski definition) is 0. The lowest BCUT2D eigenvalue weighted by atomic mass is 10.0. The number of rotatable bonds is 19. The van der Waals surface area contributed by atoms with Crippen LogP contribution >= 0.6 is 0 Å². The van der Waals surface area contributed by atoms with Gasteiger partial charge in [-0.1, -0.05) is 113 Å². The van der Waals surface area contributed by atoms with E-state index < -0.39 is 5.97 Å². The average Bonchev–Trinajstić information content (AvgIpc) is 2.86. The van der Waals surface area contributed by atoms with E-state index in [0.717, 1.165) is 38.7 Å². The average molecular weight is 455 g/mol. The van der Waals surface area contributed by atoms with Crippen molar-refractivity contribution in [3.05, 3.63) is 71.8 Å². The Morgan fingerprint density at radius 2 is 1.27 bits per heavy atom. The summed E-state index contributed by atoms with van der Waals surface area (Å²) in [4.78, 5) is 21.8. The summed E-state index contributed by atoms with van der Waals surface area (Å²) in [5.41, 5.74) is 1.75. The number of ether oxygens (including phenoxy) is 1. The van der Waals surface area contributed by atoms with Gasteiger partial charge in [-0.15, -0.1) is 0 Å². The maximum atomic E-state index is 11.8. The molecule has 0 heterocycles. The van der Waals surface area contributed by atoms with E-state index in [1.54, 1.807) is 24.3 Å². The van der Waals surface area contributed by atoms with Gasteiger partial charge < -0.3 is 4.74 Å². The van der Waals surface area contributed by atoms with Gasteiger partial charge in [0.2, 0.25) is 0 Å². The molecule has 0 amide bonds. The lowest BCUT2D eigenvalue weighted by molar-refractivity contribution is -0.241. The van der Waals surface area contributed by atoms with Gasteiger partial charge in [-0.2, -0.15) is 4.89 Å². The Hall–Kier alpha value is -2.17. The van der Waals surface area contributed by atoms with E-state index in [4.69, 9.17) is 14.5 Å². The van der Waals surface area contributed by atoms with Crippen molar-refractivity contribution in [2.24, 2.45) is 0 Å². The molecule has 0 aromatic heterocycles. The van der Waals surface area contributed by atoms with E-state index >= 15 is 0 Å². The van der Waals surface area contributed by atoms with Crippen molar-refractivity contribution >= 4 is 5.97 Å². The quantitative estimate of drug-likeness (QED) is 0.122. The Bertz CT molecular complexity index is 717. The van der Waals surface area contributed by atoms with Gasteiger partial charge in [0.05, 0.1) is 18.3 Å². The molecule has 0 aliphatic rings. The first-order valence-electron chi connectivity index (χ1n) is 12.9. The zero-order valence-corrected chi connectivity index (χ0v) is 20.4. The molecule has 0 radical (unpaired) electrons. The van der Waals surface area contributed by atoms with Crippen LogP contribution in [0.15, 0.2) is 60.7 Å². The van der Waals surface area contributed by atoms with Crippen LogP contribution in [0.2, 0.25) is 0 Å². The molecular weight excluding hydrogens is 412 g/mol. The van der Waals surface area contributed by atoms with Gasteiger partial charge in [0.25, 0.3) is 0 Å². The predicted octanol–water partition coefficient (Wildman–Crippen LogP) is 8.23. The summed E-state index contributed by atoms with van der Waals surface area (Å²) in [7, 11) is 0. The lowest BCUT2D eigenvalue weighted by Crippen LogP contribution is -2.08. The Morgan fingerprint density at radius 3 is 1.97 bits per heavy atom. The van der Waals surface area contributed by atoms with Crippen molar-refractivity contribution in [3.8, 4) is 0 Å². The maximum absolute atomic E-state index is 11.8. The summed E-state index contributed by atoms with van der Waals surface area (Å²) in [5.74, 6) is -0.450. The summed E-state index contributed by atoms with van der Waals surface area (Å²) in [6, 6.07) is 19.4. The summed E-state index contributed by atoms with van der Waals surface area (Å²) < 4.78 is 6.28. The fourth-order valence-electron chi connectivity index (χ4n) is 3.86. The zero-order valence-electron chi connectivity index (χ0n) is 20.4. The van der Waals surface area contributed by atoms with Crippen molar-refractivity contribution in [2.45, 2.75) is 90.1 Å². The van der Waals surface area contributed by atoms with Crippen molar-refractivity contribution in [1.29, 1.82) is 0 Å². The number of hydrogen-bond acceptors (Lipinski definition) is 4. The van der Waals surface area contributed by atoms with E-state index in [-0.39, 0.29) is 6.10 Å². The smallest absolute Gasteiger partial charge is 0.373 e. The van der Waals surface area contributed by atoms with Crippen LogP contribution in [0.4, 0.5) is 0 Å². The third-order valence-corrected chi connectivity index (χ3v) is 5.83. The van der Waals surface area contributed by atoms with Crippen LogP contribution in [0.1, 0.15) is 106 Å². The van der Waals surface area contributed by atoms with Crippen molar-refractivity contribution in [3.63, 3.8) is 0 Å². The molecule has 0 spiro atoms. The number of unbranched alkanes of at least 4 members (excludes halogenated alkanes) is 9. The van der Waals surface area contributed by atoms with E-state index in [0.29, 0.717) is 12.2 Å². The van der Waals surface area contributed by atoms with E-state index in [1.165, 1.54) is 50.5 Å². The summed E-state index contributed by atoms with van der Waals surface area (Å²) in [6.45, 7) is 3.50. The monoisotopic (exact) mass is 454 g/mol. The van der Waals surface area contributed by atoms with Gasteiger partial charge in [-0.25, -0.2) is 4.79 Å². The first-order valence-corrected chi connectivity index (χ1v) is 12.9. The molecule has 0 saturated carbocycles. The molecule has 1 atom stereocenters. The van der Waals surface area contributed by atoms with Crippen LogP contribution in [0.5, 0.6) is 0 Å². The molecule has 0 aliphatic carbocycles. The summed E-state index contributed by atoms with van der Waals surface area (Å²) in [5, 5.41) is 0. The molecule has 33 heavy (non-hydrogen) atoms. The first-order chi connectivity index (χ1) is 16.3. The number of carbonyl (C=O) groups excluding carboxylic acids is 1. The molecule has 0 fully saturated rings. The van der Waals surface area contributed by atoms with Crippen LogP contribution in [0.25, 0.3) is 0 Å². The SMILES string of the molecule is CCCCCCCCCCOC(CCCCCOOC(=O)c1ccccc1)c1ccccc1. The number of benzene rings is 2. The highest BCUT2D eigenvalue weighted by Crippen LogP contribution is 2.24. The number of carbonyl (C=O) groups is 1. The van der Waals surface area contributed by atoms with Crippen molar-refractivity contribution in [2.75, 3.05) is 13.2 Å². The minimum Gasteiger partial charge on any atom is -0.374 e. The summed E-state index contributed by atoms with van der Waals surface area (Å²) in [6.07, 6.45) is 14.5. The van der Waals surface area contributed by atoms with Crippen LogP contribution < -0.4 is 0 Å². The molecule has 0 bridgehead atoms. The van der Waals surface area contributed by atoms with Gasteiger partial charge in [-0.3, -0.25) is 4.89 Å². The van der Waals surface area contributed by atoms with Gasteiger partial charge >= 0.3 is 5.97 Å². The van der Waals surface area contributed by atoms with Crippen molar-refractivity contribution < 1.29 is 19.3 Å². The third kappa shape index (κ3) is 12.6. The Kier molecular flexibility index (Phi) is 15.0. The van der Waals surface area contributed by atoms with Crippen LogP contribution in [0.3, 0.4) is 0 Å². The van der Waals surface area contributed by atoms with Crippen LogP contribution in [-0.2, 0) is 14.5 Å². The molecule has 2 aromatic rings. The Balaban J connectivity index is 1.57. The largest absolute Gasteiger partial charge is 0.374 e. The highest BCUT2D eigenvalue weighted by molar-refractivity contribution is 5.88. The molecule has 4 heteroatoms. The zero-order chi connectivity index (χ0) is 23.4. The second kappa shape index (κ2) is 18.3. The molecule has 182 valence electrons. The minimum atomic E-state index is -0.450. The summed E-state index contributed by atoms with van der Waals surface area (Å²) >= 11 is 0. The van der Waals surface area contributed by atoms with Gasteiger partial charge in [0.1, 0.15) is 0 Å². The normalized spacial score (nSPS) is 11.9.